The van der Waals surface area contributed by atoms with Gasteiger partial charge in [-0.1, -0.05) is 29.8 Å². The predicted octanol–water partition coefficient (Wildman–Crippen LogP) is 4.43. The number of hydrogen-bond donors (Lipinski definition) is 2. The van der Waals surface area contributed by atoms with Gasteiger partial charge in [0, 0.05) is 11.2 Å². The van der Waals surface area contributed by atoms with Crippen molar-refractivity contribution in [3.8, 4) is 5.75 Å². The summed E-state index contributed by atoms with van der Waals surface area (Å²) < 4.78 is 5.99. The Hall–Kier alpha value is -3.58. The number of carbonyl (C=O) groups excluding carboxylic acids is 1. The molecule has 1 aliphatic carbocycles. The maximum absolute atomic E-state index is 13.4. The molecule has 2 N–H and O–H groups in total. The number of carboxylic acid groups (broad SMARTS) is 1. The summed E-state index contributed by atoms with van der Waals surface area (Å²) in [7, 11) is 0. The monoisotopic (exact) mass is 477 g/mol. The van der Waals surface area contributed by atoms with Crippen LogP contribution in [0.15, 0.2) is 60.8 Å². The Balaban J connectivity index is 1.29. The molecule has 34 heavy (non-hydrogen) atoms. The average molecular weight is 478 g/mol. The lowest BCUT2D eigenvalue weighted by atomic mass is 10.0. The highest BCUT2D eigenvalue weighted by molar-refractivity contribution is 6.30. The molecule has 0 spiro atoms. The van der Waals surface area contributed by atoms with Gasteiger partial charge < -0.3 is 20.1 Å². The summed E-state index contributed by atoms with van der Waals surface area (Å²) in [4.78, 5) is 31.1. The van der Waals surface area contributed by atoms with Crippen molar-refractivity contribution in [2.24, 2.45) is 0 Å². The van der Waals surface area contributed by atoms with E-state index in [9.17, 15) is 9.59 Å². The van der Waals surface area contributed by atoms with Crippen LogP contribution in [-0.2, 0) is 5.54 Å². The Morgan fingerprint density at radius 2 is 1.88 bits per heavy atom. The van der Waals surface area contributed by atoms with Gasteiger partial charge in [0.15, 0.2) is 0 Å². The van der Waals surface area contributed by atoms with Crippen LogP contribution in [0.2, 0.25) is 5.02 Å². The van der Waals surface area contributed by atoms with E-state index < -0.39 is 11.5 Å². The lowest BCUT2D eigenvalue weighted by Gasteiger charge is -2.40. The molecule has 3 aromatic rings. The topological polar surface area (TPSA) is 91.8 Å². The zero-order valence-corrected chi connectivity index (χ0v) is 19.4. The Bertz CT molecular complexity index is 1250. The number of halogens is 1. The first kappa shape index (κ1) is 22.2. The van der Waals surface area contributed by atoms with Crippen molar-refractivity contribution in [1.29, 1.82) is 0 Å². The van der Waals surface area contributed by atoms with Crippen molar-refractivity contribution in [2.45, 2.75) is 31.4 Å². The third kappa shape index (κ3) is 4.43. The fourth-order valence-electron chi connectivity index (χ4n) is 4.23. The lowest BCUT2D eigenvalue weighted by Crippen LogP contribution is -2.55. The van der Waals surface area contributed by atoms with E-state index in [1.54, 1.807) is 42.6 Å². The molecule has 1 saturated heterocycles. The van der Waals surface area contributed by atoms with E-state index in [4.69, 9.17) is 21.4 Å². The summed E-state index contributed by atoms with van der Waals surface area (Å²) in [6, 6.07) is 15.9. The average Bonchev–Trinajstić information content (AvgIpc) is 3.57. The van der Waals surface area contributed by atoms with Crippen molar-refractivity contribution in [2.75, 3.05) is 18.0 Å². The molecule has 1 aliphatic heterocycles. The fourth-order valence-corrected chi connectivity index (χ4v) is 4.41. The molecule has 8 heteroatoms. The molecular weight excluding hydrogens is 454 g/mol. The number of aromatic carboxylic acids is 1. The molecule has 2 aliphatic rings. The van der Waals surface area contributed by atoms with Crippen LogP contribution in [-0.4, -0.2) is 41.2 Å². The number of hydrogen-bond acceptors (Lipinski definition) is 5. The number of rotatable bonds is 7. The molecule has 2 heterocycles. The maximum atomic E-state index is 13.4. The molecule has 1 saturated carbocycles. The van der Waals surface area contributed by atoms with Crippen LogP contribution in [0.3, 0.4) is 0 Å². The van der Waals surface area contributed by atoms with Crippen LogP contribution in [0.1, 0.15) is 44.7 Å². The molecule has 1 amide bonds. The van der Waals surface area contributed by atoms with Gasteiger partial charge in [-0.25, -0.2) is 9.78 Å². The quantitative estimate of drug-likeness (QED) is 0.523. The highest BCUT2D eigenvalue weighted by Gasteiger charge is 2.46. The van der Waals surface area contributed by atoms with Crippen molar-refractivity contribution in [1.82, 2.24) is 10.3 Å². The first-order chi connectivity index (χ1) is 16.3. The molecule has 0 radical (unpaired) electrons. The van der Waals surface area contributed by atoms with Crippen molar-refractivity contribution < 1.29 is 19.4 Å². The Morgan fingerprint density at radius 3 is 2.53 bits per heavy atom. The highest BCUT2D eigenvalue weighted by Crippen LogP contribution is 2.46. The summed E-state index contributed by atoms with van der Waals surface area (Å²) in [6.07, 6.45) is 3.35. The largest absolute Gasteiger partial charge is 0.487 e. The molecule has 7 nitrogen and oxygen atoms in total. The minimum Gasteiger partial charge on any atom is -0.487 e. The summed E-state index contributed by atoms with van der Waals surface area (Å²) in [5.41, 5.74) is 2.09. The minimum atomic E-state index is -0.969. The third-order valence-corrected chi connectivity index (χ3v) is 6.52. The minimum absolute atomic E-state index is 0.0139. The van der Waals surface area contributed by atoms with E-state index in [1.807, 2.05) is 30.0 Å². The Labute approximate surface area is 202 Å². The first-order valence-electron chi connectivity index (χ1n) is 11.1. The number of benzene rings is 2. The second-order valence-electron chi connectivity index (χ2n) is 8.90. The second kappa shape index (κ2) is 8.65. The van der Waals surface area contributed by atoms with E-state index >= 15 is 0 Å². The van der Waals surface area contributed by atoms with Gasteiger partial charge in [-0.05, 0) is 67.3 Å². The van der Waals surface area contributed by atoms with Gasteiger partial charge in [-0.2, -0.15) is 0 Å². The van der Waals surface area contributed by atoms with Crippen LogP contribution in [0.4, 0.5) is 5.82 Å². The van der Waals surface area contributed by atoms with Crippen molar-refractivity contribution in [3.05, 3.63) is 88.1 Å². The number of ether oxygens (including phenoxy) is 1. The molecule has 5 rings (SSSR count). The molecule has 0 bridgehead atoms. The smallest absolute Gasteiger partial charge is 0.335 e. The number of pyridine rings is 1. The normalized spacial score (nSPS) is 16.5. The van der Waals surface area contributed by atoms with Crippen molar-refractivity contribution in [3.63, 3.8) is 0 Å². The fraction of sp³-hybridized carbons (Fsp3) is 0.269. The number of nitrogens with zero attached hydrogens (tertiary/aromatic N) is 2. The zero-order valence-electron chi connectivity index (χ0n) is 18.6. The van der Waals surface area contributed by atoms with Gasteiger partial charge in [0.2, 0.25) is 0 Å². The van der Waals surface area contributed by atoms with Crippen LogP contribution in [0, 0.1) is 6.92 Å². The predicted molar refractivity (Wildman–Crippen MR) is 129 cm³/mol. The molecule has 0 atom stereocenters. The molecule has 0 unspecified atom stereocenters. The standard InChI is InChI=1S/C26H24ClN3O4/c1-16-11-22(24(31)29-26(9-10-26)18-7-5-17(6-8-18)25(32)33)23(28-13-16)30-14-21(15-30)34-20-4-2-3-19(27)12-20/h2-8,11-13,21H,9-10,14-15H2,1H3,(H,29,31)(H,32,33). The molecule has 174 valence electrons. The van der Waals surface area contributed by atoms with Crippen LogP contribution >= 0.6 is 11.6 Å². The number of carbonyl (C=O) groups is 2. The van der Waals surface area contributed by atoms with Gasteiger partial charge in [-0.3, -0.25) is 4.79 Å². The van der Waals surface area contributed by atoms with Gasteiger partial charge >= 0.3 is 5.97 Å². The molecule has 2 aromatic carbocycles. The first-order valence-corrected chi connectivity index (χ1v) is 11.5. The molecule has 1 aromatic heterocycles. The number of amides is 1. The number of nitrogens with one attached hydrogen (secondary N) is 1. The van der Waals surface area contributed by atoms with Crippen LogP contribution in [0.25, 0.3) is 0 Å². The SMILES string of the molecule is Cc1cnc(N2CC(Oc3cccc(Cl)c3)C2)c(C(=O)NC2(c3ccc(C(=O)O)cc3)CC2)c1. The van der Waals surface area contributed by atoms with Crippen LogP contribution in [0.5, 0.6) is 5.75 Å². The summed E-state index contributed by atoms with van der Waals surface area (Å²) in [6.45, 7) is 3.14. The van der Waals surface area contributed by atoms with Gasteiger partial charge in [0.25, 0.3) is 5.91 Å². The maximum Gasteiger partial charge on any atom is 0.335 e. The lowest BCUT2D eigenvalue weighted by molar-refractivity contribution is 0.0696. The van der Waals surface area contributed by atoms with Gasteiger partial charge in [-0.15, -0.1) is 0 Å². The highest BCUT2D eigenvalue weighted by atomic mass is 35.5. The van der Waals surface area contributed by atoms with E-state index in [0.717, 1.165) is 29.7 Å². The summed E-state index contributed by atoms with van der Waals surface area (Å²) in [5, 5.41) is 12.9. The van der Waals surface area contributed by atoms with Gasteiger partial charge in [0.1, 0.15) is 17.7 Å². The van der Waals surface area contributed by atoms with E-state index in [0.29, 0.717) is 29.5 Å². The second-order valence-corrected chi connectivity index (χ2v) is 9.34. The Kier molecular flexibility index (Phi) is 5.65. The van der Waals surface area contributed by atoms with E-state index in [1.165, 1.54) is 0 Å². The summed E-state index contributed by atoms with van der Waals surface area (Å²) >= 11 is 6.04. The van der Waals surface area contributed by atoms with E-state index in [-0.39, 0.29) is 17.6 Å². The van der Waals surface area contributed by atoms with Crippen molar-refractivity contribution >= 4 is 29.3 Å². The zero-order chi connectivity index (χ0) is 23.9. The summed E-state index contributed by atoms with van der Waals surface area (Å²) in [5.74, 6) is 0.191. The Morgan fingerprint density at radius 1 is 1.15 bits per heavy atom. The number of aromatic nitrogens is 1. The number of carboxylic acids is 1. The molecule has 2 fully saturated rings. The third-order valence-electron chi connectivity index (χ3n) is 6.28. The van der Waals surface area contributed by atoms with Crippen LogP contribution < -0.4 is 15.0 Å². The number of anilines is 1. The van der Waals surface area contributed by atoms with Gasteiger partial charge in [0.05, 0.1) is 29.8 Å². The number of aryl methyl sites for hydroxylation is 1. The molecular formula is C26H24ClN3O4. The van der Waals surface area contributed by atoms with E-state index in [2.05, 4.69) is 10.3 Å².